The minimum atomic E-state index is -3.57. The largest absolute Gasteiger partial charge is 0.382 e. The van der Waals surface area contributed by atoms with Gasteiger partial charge in [-0.15, -0.1) is 0 Å². The van der Waals surface area contributed by atoms with Crippen molar-refractivity contribution in [3.8, 4) is 0 Å². The van der Waals surface area contributed by atoms with Gasteiger partial charge in [0.25, 0.3) is 0 Å². The summed E-state index contributed by atoms with van der Waals surface area (Å²) in [5.74, 6) is -0.229. The third-order valence-corrected chi connectivity index (χ3v) is 6.69. The van der Waals surface area contributed by atoms with Crippen LogP contribution in [0.15, 0.2) is 59.6 Å². The third kappa shape index (κ3) is 5.29. The average Bonchev–Trinajstić information content (AvgIpc) is 3.09. The molecule has 0 bridgehead atoms. The molecule has 160 valence electrons. The Morgan fingerprint density at radius 2 is 1.83 bits per heavy atom. The lowest BCUT2D eigenvalue weighted by atomic mass is 10.1. The van der Waals surface area contributed by atoms with E-state index in [0.29, 0.717) is 25.1 Å². The Labute approximate surface area is 177 Å². The molecule has 1 heterocycles. The van der Waals surface area contributed by atoms with Crippen molar-refractivity contribution >= 4 is 26.6 Å². The number of hydrogen-bond donors (Lipinski definition) is 1. The first-order valence-corrected chi connectivity index (χ1v) is 11.8. The molecule has 3 aromatic rings. The van der Waals surface area contributed by atoms with Crippen molar-refractivity contribution in [2.24, 2.45) is 0 Å². The van der Waals surface area contributed by atoms with Crippen molar-refractivity contribution in [1.29, 1.82) is 0 Å². The monoisotopic (exact) mass is 428 g/mol. The number of benzene rings is 2. The summed E-state index contributed by atoms with van der Waals surface area (Å²) in [5, 5.41) is 3.50. The van der Waals surface area contributed by atoms with Crippen LogP contribution in [0.5, 0.6) is 0 Å². The summed E-state index contributed by atoms with van der Waals surface area (Å²) in [6.07, 6.45) is 2.32. The molecule has 6 nitrogen and oxygen atoms in total. The Hall–Kier alpha value is -2.64. The number of sulfone groups is 1. The van der Waals surface area contributed by atoms with E-state index in [9.17, 15) is 13.2 Å². The maximum absolute atomic E-state index is 13.2. The Balaban J connectivity index is 1.82. The van der Waals surface area contributed by atoms with Gasteiger partial charge in [-0.2, -0.15) is 0 Å². The predicted molar refractivity (Wildman–Crippen MR) is 118 cm³/mol. The van der Waals surface area contributed by atoms with Gasteiger partial charge in [0.1, 0.15) is 6.54 Å². The number of carbonyl (C=O) groups excluding carboxylic acids is 1. The molecule has 0 aliphatic carbocycles. The topological polar surface area (TPSA) is 77.4 Å². The number of amides is 1. The maximum Gasteiger partial charge on any atom is 0.239 e. The van der Waals surface area contributed by atoms with Crippen LogP contribution in [0.4, 0.5) is 0 Å². The second-order valence-electron chi connectivity index (χ2n) is 7.22. The minimum absolute atomic E-state index is 0.0645. The van der Waals surface area contributed by atoms with E-state index < -0.39 is 9.84 Å². The van der Waals surface area contributed by atoms with E-state index in [1.165, 1.54) is 0 Å². The molecule has 0 unspecified atom stereocenters. The maximum atomic E-state index is 13.2. The highest BCUT2D eigenvalue weighted by molar-refractivity contribution is 7.90. The van der Waals surface area contributed by atoms with Crippen LogP contribution in [0, 0.1) is 6.92 Å². The number of hydrogen-bond acceptors (Lipinski definition) is 4. The first-order valence-electron chi connectivity index (χ1n) is 10.1. The van der Waals surface area contributed by atoms with Gasteiger partial charge >= 0.3 is 0 Å². The molecule has 0 radical (unpaired) electrons. The SMILES string of the molecule is CCOCCCNC(=O)Cn1cc(S(=O)(=O)Cc2ccccc2C)c2ccccc21. The lowest BCUT2D eigenvalue weighted by Gasteiger charge is -2.07. The van der Waals surface area contributed by atoms with Crippen molar-refractivity contribution in [3.05, 3.63) is 65.9 Å². The third-order valence-electron chi connectivity index (χ3n) is 5.00. The van der Waals surface area contributed by atoms with Crippen LogP contribution < -0.4 is 5.32 Å². The van der Waals surface area contributed by atoms with E-state index in [2.05, 4.69) is 5.32 Å². The Morgan fingerprint density at radius 3 is 2.60 bits per heavy atom. The van der Waals surface area contributed by atoms with E-state index in [4.69, 9.17) is 4.74 Å². The highest BCUT2D eigenvalue weighted by Gasteiger charge is 2.22. The Kier molecular flexibility index (Phi) is 7.29. The number of carbonyl (C=O) groups is 1. The molecular weight excluding hydrogens is 400 g/mol. The van der Waals surface area contributed by atoms with E-state index in [0.717, 1.165) is 23.1 Å². The molecule has 3 rings (SSSR count). The fourth-order valence-electron chi connectivity index (χ4n) is 3.40. The van der Waals surface area contributed by atoms with Gasteiger partial charge in [0.2, 0.25) is 5.91 Å². The van der Waals surface area contributed by atoms with Crippen LogP contribution in [-0.4, -0.2) is 38.7 Å². The molecular formula is C23H28N2O4S. The van der Waals surface area contributed by atoms with Gasteiger partial charge in [-0.25, -0.2) is 8.42 Å². The fraction of sp³-hybridized carbons (Fsp3) is 0.348. The molecule has 0 fully saturated rings. The lowest BCUT2D eigenvalue weighted by Crippen LogP contribution is -2.28. The Bertz CT molecular complexity index is 1120. The number of fused-ring (bicyclic) bond motifs is 1. The molecule has 0 aliphatic rings. The van der Waals surface area contributed by atoms with E-state index in [-0.39, 0.29) is 23.1 Å². The quantitative estimate of drug-likeness (QED) is 0.502. The van der Waals surface area contributed by atoms with Gasteiger partial charge in [-0.05, 0) is 37.5 Å². The number of rotatable bonds is 10. The molecule has 0 aliphatic heterocycles. The molecule has 1 N–H and O–H groups in total. The molecule has 1 aromatic heterocycles. The normalized spacial score (nSPS) is 11.7. The van der Waals surface area contributed by atoms with E-state index in [1.807, 2.05) is 56.3 Å². The van der Waals surface area contributed by atoms with Gasteiger partial charge in [0, 0.05) is 36.9 Å². The van der Waals surface area contributed by atoms with Crippen LogP contribution in [-0.2, 0) is 31.7 Å². The second kappa shape index (κ2) is 9.91. The van der Waals surface area contributed by atoms with Crippen LogP contribution in [0.25, 0.3) is 10.9 Å². The van der Waals surface area contributed by atoms with Crippen molar-refractivity contribution in [2.75, 3.05) is 19.8 Å². The summed E-state index contributed by atoms with van der Waals surface area (Å²) in [6.45, 7) is 5.68. The molecule has 7 heteroatoms. The van der Waals surface area contributed by atoms with Crippen LogP contribution in [0.3, 0.4) is 0 Å². The highest BCUT2D eigenvalue weighted by atomic mass is 32.2. The summed E-state index contributed by atoms with van der Waals surface area (Å²) < 4.78 is 33.4. The predicted octanol–water partition coefficient (Wildman–Crippen LogP) is 3.47. The van der Waals surface area contributed by atoms with Crippen molar-refractivity contribution in [2.45, 2.75) is 37.5 Å². The number of nitrogens with zero attached hydrogens (tertiary/aromatic N) is 1. The smallest absolute Gasteiger partial charge is 0.239 e. The molecule has 0 atom stereocenters. The summed E-state index contributed by atoms with van der Waals surface area (Å²) in [4.78, 5) is 12.6. The number of aromatic nitrogens is 1. The molecule has 30 heavy (non-hydrogen) atoms. The number of nitrogens with one attached hydrogen (secondary N) is 1. The molecule has 2 aromatic carbocycles. The van der Waals surface area contributed by atoms with Crippen LogP contribution in [0.2, 0.25) is 0 Å². The molecule has 0 saturated heterocycles. The zero-order valence-electron chi connectivity index (χ0n) is 17.4. The van der Waals surface area contributed by atoms with Crippen molar-refractivity contribution in [1.82, 2.24) is 9.88 Å². The zero-order chi connectivity index (χ0) is 21.6. The van der Waals surface area contributed by atoms with Gasteiger partial charge in [-0.3, -0.25) is 4.79 Å². The van der Waals surface area contributed by atoms with E-state index >= 15 is 0 Å². The summed E-state index contributed by atoms with van der Waals surface area (Å²) in [5.41, 5.74) is 2.45. The molecule has 1 amide bonds. The molecule has 0 spiro atoms. The Morgan fingerprint density at radius 1 is 1.10 bits per heavy atom. The lowest BCUT2D eigenvalue weighted by molar-refractivity contribution is -0.121. The zero-order valence-corrected chi connectivity index (χ0v) is 18.2. The fourth-order valence-corrected chi connectivity index (χ4v) is 5.09. The first-order chi connectivity index (χ1) is 14.4. The minimum Gasteiger partial charge on any atom is -0.382 e. The summed E-state index contributed by atoms with van der Waals surface area (Å²) in [6, 6.07) is 14.8. The van der Waals surface area contributed by atoms with Crippen molar-refractivity contribution < 1.29 is 17.9 Å². The van der Waals surface area contributed by atoms with Gasteiger partial charge in [0.15, 0.2) is 9.84 Å². The van der Waals surface area contributed by atoms with Crippen molar-refractivity contribution in [3.63, 3.8) is 0 Å². The standard InChI is InChI=1S/C23H28N2O4S/c1-3-29-14-8-13-24-23(26)16-25-15-22(20-11-6-7-12-21(20)25)30(27,28)17-19-10-5-4-9-18(19)2/h4-7,9-12,15H,3,8,13-14,16-17H2,1-2H3,(H,24,26). The number of aryl methyl sites for hydroxylation is 1. The van der Waals surface area contributed by atoms with Gasteiger partial charge in [0.05, 0.1) is 10.6 Å². The van der Waals surface area contributed by atoms with Crippen LogP contribution >= 0.6 is 0 Å². The summed E-state index contributed by atoms with van der Waals surface area (Å²) >= 11 is 0. The van der Waals surface area contributed by atoms with Gasteiger partial charge in [-0.1, -0.05) is 42.5 Å². The summed E-state index contributed by atoms with van der Waals surface area (Å²) in [7, 11) is -3.57. The van der Waals surface area contributed by atoms with Gasteiger partial charge < -0.3 is 14.6 Å². The van der Waals surface area contributed by atoms with Crippen LogP contribution in [0.1, 0.15) is 24.5 Å². The highest BCUT2D eigenvalue weighted by Crippen LogP contribution is 2.28. The number of ether oxygens (including phenoxy) is 1. The first kappa shape index (κ1) is 22.1. The number of para-hydroxylation sites is 1. The molecule has 0 saturated carbocycles. The average molecular weight is 429 g/mol. The second-order valence-corrected chi connectivity index (χ2v) is 9.18. The van der Waals surface area contributed by atoms with E-state index in [1.54, 1.807) is 16.8 Å².